The number of nitrogens with two attached hydrogens (primary N) is 2. The van der Waals surface area contributed by atoms with Crippen LogP contribution in [-0.4, -0.2) is 32.7 Å². The number of benzene rings is 1. The van der Waals surface area contributed by atoms with Gasteiger partial charge in [-0.3, -0.25) is 0 Å². The summed E-state index contributed by atoms with van der Waals surface area (Å²) in [5.74, 6) is 0. The van der Waals surface area contributed by atoms with Crippen molar-refractivity contribution < 1.29 is 13.5 Å². The summed E-state index contributed by atoms with van der Waals surface area (Å²) in [5.41, 5.74) is 7.41. The summed E-state index contributed by atoms with van der Waals surface area (Å²) in [6.45, 7) is 2.95. The molecule has 1 aromatic carbocycles. The maximum atomic E-state index is 11.6. The first-order valence-electron chi connectivity index (χ1n) is 6.15. The Balaban J connectivity index is 2.49. The van der Waals surface area contributed by atoms with E-state index in [0.29, 0.717) is 17.8 Å². The van der Waals surface area contributed by atoms with Crippen molar-refractivity contribution in [1.29, 1.82) is 0 Å². The van der Waals surface area contributed by atoms with Crippen LogP contribution >= 0.6 is 0 Å². The average Bonchev–Trinajstić information content (AvgIpc) is 2.30. The molecule has 1 aliphatic rings. The number of aliphatic hydroxyl groups is 1. The highest BCUT2D eigenvalue weighted by Gasteiger charge is 2.23. The molecule has 1 aromatic rings. The third-order valence-electron chi connectivity index (χ3n) is 3.40. The van der Waals surface area contributed by atoms with Gasteiger partial charge in [0.05, 0.1) is 11.0 Å². The van der Waals surface area contributed by atoms with E-state index in [1.54, 1.807) is 13.0 Å². The molecule has 1 saturated heterocycles. The predicted molar refractivity (Wildman–Crippen MR) is 74.4 cm³/mol. The van der Waals surface area contributed by atoms with Crippen LogP contribution in [0.15, 0.2) is 17.0 Å². The number of nitrogen functional groups attached to an aromatic ring is 1. The molecule has 0 amide bonds. The first kappa shape index (κ1) is 14.1. The van der Waals surface area contributed by atoms with E-state index in [1.807, 2.05) is 4.90 Å². The lowest BCUT2D eigenvalue weighted by molar-refractivity contribution is 0.154. The maximum Gasteiger partial charge on any atom is 0.238 e. The van der Waals surface area contributed by atoms with Crippen LogP contribution < -0.4 is 15.8 Å². The van der Waals surface area contributed by atoms with Gasteiger partial charge < -0.3 is 15.7 Å². The minimum absolute atomic E-state index is 0.0440. The van der Waals surface area contributed by atoms with Crippen LogP contribution in [0.3, 0.4) is 0 Å². The van der Waals surface area contributed by atoms with E-state index in [4.69, 9.17) is 10.9 Å². The number of nitrogens with zero attached hydrogens (tertiary/aromatic N) is 1. The molecular formula is C12H19N3O3S. The zero-order valence-electron chi connectivity index (χ0n) is 10.8. The predicted octanol–water partition coefficient (Wildman–Crippen LogP) is 0.186. The van der Waals surface area contributed by atoms with Crippen molar-refractivity contribution in [2.24, 2.45) is 5.14 Å². The molecule has 1 atom stereocenters. The molecule has 0 aromatic heterocycles. The van der Waals surface area contributed by atoms with Gasteiger partial charge in [0, 0.05) is 24.5 Å². The molecule has 5 N–H and O–H groups in total. The van der Waals surface area contributed by atoms with Gasteiger partial charge >= 0.3 is 0 Å². The van der Waals surface area contributed by atoms with Crippen molar-refractivity contribution in [3.8, 4) is 0 Å². The highest BCUT2D eigenvalue weighted by Crippen LogP contribution is 2.30. The molecule has 106 valence electrons. The van der Waals surface area contributed by atoms with Gasteiger partial charge in [-0.15, -0.1) is 0 Å². The molecule has 0 aliphatic carbocycles. The van der Waals surface area contributed by atoms with Crippen LogP contribution in [-0.2, 0) is 10.0 Å². The monoisotopic (exact) mass is 285 g/mol. The largest absolute Gasteiger partial charge is 0.399 e. The van der Waals surface area contributed by atoms with E-state index in [0.717, 1.165) is 25.1 Å². The Kier molecular flexibility index (Phi) is 3.71. The second kappa shape index (κ2) is 4.99. The normalized spacial score (nSPS) is 20.6. The summed E-state index contributed by atoms with van der Waals surface area (Å²) in [6.07, 6.45) is 1.23. The first-order valence-corrected chi connectivity index (χ1v) is 7.69. The fourth-order valence-corrected chi connectivity index (χ4v) is 3.32. The van der Waals surface area contributed by atoms with Gasteiger partial charge in [-0.1, -0.05) is 0 Å². The fourth-order valence-electron chi connectivity index (χ4n) is 2.49. The molecule has 19 heavy (non-hydrogen) atoms. The van der Waals surface area contributed by atoms with Gasteiger partial charge in [-0.25, -0.2) is 13.6 Å². The van der Waals surface area contributed by atoms with Gasteiger partial charge in [0.25, 0.3) is 0 Å². The number of hydrogen-bond acceptors (Lipinski definition) is 5. The summed E-state index contributed by atoms with van der Waals surface area (Å²) in [4.78, 5) is 2.00. The Labute approximate surface area is 113 Å². The minimum atomic E-state index is -3.80. The topological polar surface area (TPSA) is 110 Å². The highest BCUT2D eigenvalue weighted by atomic mass is 32.2. The lowest BCUT2D eigenvalue weighted by Gasteiger charge is -2.33. The van der Waals surface area contributed by atoms with Crippen LogP contribution in [0.5, 0.6) is 0 Å². The third kappa shape index (κ3) is 2.99. The first-order chi connectivity index (χ1) is 8.79. The molecule has 1 fully saturated rings. The molecule has 1 aliphatic heterocycles. The fraction of sp³-hybridized carbons (Fsp3) is 0.500. The van der Waals surface area contributed by atoms with Gasteiger partial charge in [0.2, 0.25) is 10.0 Å². The molecule has 0 radical (unpaired) electrons. The Morgan fingerprint density at radius 1 is 1.42 bits per heavy atom. The maximum absolute atomic E-state index is 11.6. The number of sulfonamides is 1. The number of anilines is 2. The van der Waals surface area contributed by atoms with Crippen molar-refractivity contribution >= 4 is 21.4 Å². The van der Waals surface area contributed by atoms with Crippen LogP contribution in [0.4, 0.5) is 11.4 Å². The van der Waals surface area contributed by atoms with Crippen molar-refractivity contribution in [3.63, 3.8) is 0 Å². The van der Waals surface area contributed by atoms with E-state index >= 15 is 0 Å². The summed E-state index contributed by atoms with van der Waals surface area (Å²) in [5, 5.41) is 14.9. The van der Waals surface area contributed by atoms with Crippen molar-refractivity contribution in [3.05, 3.63) is 17.7 Å². The second-order valence-electron chi connectivity index (χ2n) is 4.95. The average molecular weight is 285 g/mol. The van der Waals surface area contributed by atoms with Gasteiger partial charge in [-0.05, 0) is 37.5 Å². The van der Waals surface area contributed by atoms with Crippen LogP contribution in [0.1, 0.15) is 18.4 Å². The van der Waals surface area contributed by atoms with Crippen LogP contribution in [0, 0.1) is 6.92 Å². The van der Waals surface area contributed by atoms with E-state index in [1.165, 1.54) is 6.07 Å². The summed E-state index contributed by atoms with van der Waals surface area (Å²) >= 11 is 0. The van der Waals surface area contributed by atoms with Gasteiger partial charge in [0.15, 0.2) is 0 Å². The van der Waals surface area contributed by atoms with Gasteiger partial charge in [0.1, 0.15) is 0 Å². The van der Waals surface area contributed by atoms with E-state index in [2.05, 4.69) is 0 Å². The molecule has 2 rings (SSSR count). The molecule has 0 saturated carbocycles. The molecule has 0 bridgehead atoms. The Morgan fingerprint density at radius 2 is 2.11 bits per heavy atom. The Bertz CT molecular complexity index is 586. The molecule has 1 heterocycles. The minimum Gasteiger partial charge on any atom is -0.399 e. The molecule has 6 nitrogen and oxygen atoms in total. The van der Waals surface area contributed by atoms with Crippen molar-refractivity contribution in [2.45, 2.75) is 30.8 Å². The van der Waals surface area contributed by atoms with Gasteiger partial charge in [-0.2, -0.15) is 0 Å². The molecule has 1 unspecified atom stereocenters. The lowest BCUT2D eigenvalue weighted by atomic mass is 10.1. The Morgan fingerprint density at radius 3 is 2.68 bits per heavy atom. The molecule has 7 heteroatoms. The van der Waals surface area contributed by atoms with Crippen molar-refractivity contribution in [1.82, 2.24) is 0 Å². The number of primary sulfonamides is 1. The number of piperidine rings is 1. The molecule has 0 spiro atoms. The van der Waals surface area contributed by atoms with E-state index in [9.17, 15) is 13.5 Å². The summed E-state index contributed by atoms with van der Waals surface area (Å²) in [7, 11) is -3.80. The second-order valence-corrected chi connectivity index (χ2v) is 6.48. The quantitative estimate of drug-likeness (QED) is 0.672. The summed E-state index contributed by atoms with van der Waals surface area (Å²) < 4.78 is 23.1. The number of hydrogen-bond donors (Lipinski definition) is 3. The van der Waals surface area contributed by atoms with Crippen LogP contribution in [0.2, 0.25) is 0 Å². The standard InChI is InChI=1S/C12H19N3O3S/c1-8-11(15-4-2-3-10(16)7-15)5-9(13)6-12(8)19(14,17)18/h5-6,10,16H,2-4,7,13H2,1H3,(H2,14,17,18). The molecular weight excluding hydrogens is 266 g/mol. The lowest BCUT2D eigenvalue weighted by Crippen LogP contribution is -2.38. The smallest absolute Gasteiger partial charge is 0.238 e. The van der Waals surface area contributed by atoms with E-state index in [-0.39, 0.29) is 4.90 Å². The van der Waals surface area contributed by atoms with Crippen molar-refractivity contribution in [2.75, 3.05) is 23.7 Å². The SMILES string of the molecule is Cc1c(N2CCCC(O)C2)cc(N)cc1S(N)(=O)=O. The Hall–Kier alpha value is -1.31. The van der Waals surface area contributed by atoms with E-state index < -0.39 is 16.1 Å². The third-order valence-corrected chi connectivity index (χ3v) is 4.44. The highest BCUT2D eigenvalue weighted by molar-refractivity contribution is 7.89. The zero-order chi connectivity index (χ0) is 14.2. The van der Waals surface area contributed by atoms with Crippen LogP contribution in [0.25, 0.3) is 0 Å². The zero-order valence-corrected chi connectivity index (χ0v) is 11.7. The number of rotatable bonds is 2. The summed E-state index contributed by atoms with van der Waals surface area (Å²) in [6, 6.07) is 3.09. The number of β-amino-alcohol motifs (C(OH)–C–C–N with tert-alkyl or cyclic N) is 1. The number of aliphatic hydroxyl groups excluding tert-OH is 1.